The Bertz CT molecular complexity index is 859. The van der Waals surface area contributed by atoms with E-state index in [0.29, 0.717) is 34.5 Å². The van der Waals surface area contributed by atoms with Crippen LogP contribution in [-0.2, 0) is 17.3 Å². The molecule has 1 heterocycles. The standard InChI is InChI=1S/C19H24Cl2N4O3/c1-19(2,3)16-11-14(25(4)24-16)18(27)23-22-17(26)6-5-9-28-15-8-7-12(20)10-13(15)21/h7-8,10-11H,5-6,9H2,1-4H3,(H,22,26)(H,23,27). The van der Waals surface area contributed by atoms with E-state index >= 15 is 0 Å². The largest absolute Gasteiger partial charge is 0.492 e. The van der Waals surface area contributed by atoms with E-state index in [2.05, 4.69) is 16.0 Å². The van der Waals surface area contributed by atoms with Gasteiger partial charge in [0.1, 0.15) is 11.4 Å². The number of benzene rings is 1. The van der Waals surface area contributed by atoms with Crippen LogP contribution >= 0.6 is 23.2 Å². The Morgan fingerprint density at radius 2 is 1.89 bits per heavy atom. The molecule has 2 aromatic rings. The molecule has 2 amide bonds. The molecular weight excluding hydrogens is 403 g/mol. The maximum Gasteiger partial charge on any atom is 0.287 e. The monoisotopic (exact) mass is 426 g/mol. The highest BCUT2D eigenvalue weighted by atomic mass is 35.5. The van der Waals surface area contributed by atoms with E-state index in [-0.39, 0.29) is 17.7 Å². The molecule has 0 bridgehead atoms. The molecule has 0 radical (unpaired) electrons. The number of nitrogens with one attached hydrogen (secondary N) is 2. The molecule has 28 heavy (non-hydrogen) atoms. The minimum absolute atomic E-state index is 0.174. The van der Waals surface area contributed by atoms with Crippen molar-refractivity contribution in [3.63, 3.8) is 0 Å². The summed E-state index contributed by atoms with van der Waals surface area (Å²) in [5.41, 5.74) is 5.79. The predicted octanol–water partition coefficient (Wildman–Crippen LogP) is 3.64. The van der Waals surface area contributed by atoms with Crippen LogP contribution in [0.4, 0.5) is 0 Å². The van der Waals surface area contributed by atoms with Crippen LogP contribution < -0.4 is 15.6 Å². The topological polar surface area (TPSA) is 85.3 Å². The number of hydrazine groups is 1. The predicted molar refractivity (Wildman–Crippen MR) is 109 cm³/mol. The lowest BCUT2D eigenvalue weighted by atomic mass is 9.92. The van der Waals surface area contributed by atoms with Crippen LogP contribution in [-0.4, -0.2) is 28.2 Å². The van der Waals surface area contributed by atoms with Crippen molar-refractivity contribution in [3.05, 3.63) is 45.7 Å². The van der Waals surface area contributed by atoms with E-state index in [0.717, 1.165) is 5.69 Å². The lowest BCUT2D eigenvalue weighted by Crippen LogP contribution is -2.42. The smallest absolute Gasteiger partial charge is 0.287 e. The average molecular weight is 427 g/mol. The second-order valence-electron chi connectivity index (χ2n) is 7.32. The van der Waals surface area contributed by atoms with Gasteiger partial charge in [0, 0.05) is 23.9 Å². The summed E-state index contributed by atoms with van der Waals surface area (Å²) in [6, 6.07) is 6.65. The molecule has 0 unspecified atom stereocenters. The molecule has 0 aliphatic heterocycles. The first-order valence-corrected chi connectivity index (χ1v) is 9.55. The minimum Gasteiger partial charge on any atom is -0.492 e. The highest BCUT2D eigenvalue weighted by Crippen LogP contribution is 2.27. The van der Waals surface area contributed by atoms with Crippen LogP contribution in [0.25, 0.3) is 0 Å². The van der Waals surface area contributed by atoms with Gasteiger partial charge < -0.3 is 4.74 Å². The van der Waals surface area contributed by atoms with Crippen LogP contribution in [0.2, 0.25) is 10.0 Å². The van der Waals surface area contributed by atoms with Crippen molar-refractivity contribution in [1.29, 1.82) is 0 Å². The average Bonchev–Trinajstić information content (AvgIpc) is 3.00. The van der Waals surface area contributed by atoms with Crippen LogP contribution in [0.5, 0.6) is 5.75 Å². The number of carbonyl (C=O) groups is 2. The quantitative estimate of drug-likeness (QED) is 0.545. The summed E-state index contributed by atoms with van der Waals surface area (Å²) < 4.78 is 7.01. The third-order valence-electron chi connectivity index (χ3n) is 3.90. The molecule has 0 spiro atoms. The molecule has 0 fully saturated rings. The highest BCUT2D eigenvalue weighted by Gasteiger charge is 2.21. The van der Waals surface area contributed by atoms with Gasteiger partial charge >= 0.3 is 0 Å². The van der Waals surface area contributed by atoms with Crippen molar-refractivity contribution in [2.75, 3.05) is 6.61 Å². The summed E-state index contributed by atoms with van der Waals surface area (Å²) in [6.07, 6.45) is 0.644. The number of amides is 2. The fraction of sp³-hybridized carbons (Fsp3) is 0.421. The van der Waals surface area contributed by atoms with Crippen LogP contribution in [0.15, 0.2) is 24.3 Å². The third-order valence-corrected chi connectivity index (χ3v) is 4.43. The SMILES string of the molecule is Cn1nc(C(C)(C)C)cc1C(=O)NNC(=O)CCCOc1ccc(Cl)cc1Cl. The van der Waals surface area contributed by atoms with E-state index in [1.165, 1.54) is 4.68 Å². The van der Waals surface area contributed by atoms with Crippen molar-refractivity contribution in [1.82, 2.24) is 20.6 Å². The normalized spacial score (nSPS) is 11.2. The third kappa shape index (κ3) is 6.14. The van der Waals surface area contributed by atoms with Gasteiger partial charge in [-0.05, 0) is 30.7 Å². The molecular formula is C19H24Cl2N4O3. The number of aryl methyl sites for hydroxylation is 1. The maximum absolute atomic E-state index is 12.3. The molecule has 0 aliphatic carbocycles. The summed E-state index contributed by atoms with van der Waals surface area (Å²) in [6.45, 7) is 6.34. The molecule has 0 atom stereocenters. The zero-order valence-corrected chi connectivity index (χ0v) is 17.8. The van der Waals surface area contributed by atoms with Gasteiger partial charge in [0.05, 0.1) is 17.3 Å². The van der Waals surface area contributed by atoms with Gasteiger partial charge in [-0.1, -0.05) is 44.0 Å². The zero-order chi connectivity index (χ0) is 20.9. The summed E-state index contributed by atoms with van der Waals surface area (Å²) in [5, 5.41) is 5.28. The molecule has 2 N–H and O–H groups in total. The zero-order valence-electron chi connectivity index (χ0n) is 16.3. The molecule has 0 saturated heterocycles. The fourth-order valence-electron chi connectivity index (χ4n) is 2.31. The van der Waals surface area contributed by atoms with Gasteiger partial charge in [-0.25, -0.2) is 0 Å². The number of ether oxygens (including phenoxy) is 1. The summed E-state index contributed by atoms with van der Waals surface area (Å²) in [7, 11) is 1.69. The molecule has 1 aromatic heterocycles. The Morgan fingerprint density at radius 1 is 1.18 bits per heavy atom. The first kappa shape index (κ1) is 22.0. The number of halogens is 2. The number of rotatable bonds is 6. The van der Waals surface area contributed by atoms with E-state index in [1.54, 1.807) is 31.3 Å². The number of aromatic nitrogens is 2. The first-order chi connectivity index (χ1) is 13.1. The Labute approximate surface area is 174 Å². The Morgan fingerprint density at radius 3 is 2.50 bits per heavy atom. The fourth-order valence-corrected chi connectivity index (χ4v) is 2.77. The molecule has 0 saturated carbocycles. The lowest BCUT2D eigenvalue weighted by Gasteiger charge is -2.13. The maximum atomic E-state index is 12.3. The number of hydrogen-bond donors (Lipinski definition) is 2. The second-order valence-corrected chi connectivity index (χ2v) is 8.16. The van der Waals surface area contributed by atoms with Crippen molar-refractivity contribution < 1.29 is 14.3 Å². The summed E-state index contributed by atoms with van der Waals surface area (Å²) in [4.78, 5) is 24.2. The first-order valence-electron chi connectivity index (χ1n) is 8.79. The van der Waals surface area contributed by atoms with Gasteiger partial charge in [-0.15, -0.1) is 0 Å². The van der Waals surface area contributed by atoms with Crippen molar-refractivity contribution >= 4 is 35.0 Å². The van der Waals surface area contributed by atoms with Gasteiger partial charge in [0.2, 0.25) is 5.91 Å². The molecule has 0 aliphatic rings. The van der Waals surface area contributed by atoms with Gasteiger partial charge in [0.25, 0.3) is 5.91 Å². The van der Waals surface area contributed by atoms with Gasteiger partial charge in [-0.3, -0.25) is 25.1 Å². The Balaban J connectivity index is 1.75. The van der Waals surface area contributed by atoms with Gasteiger partial charge in [-0.2, -0.15) is 5.10 Å². The van der Waals surface area contributed by atoms with Gasteiger partial charge in [0.15, 0.2) is 0 Å². The molecule has 2 rings (SSSR count). The second kappa shape index (κ2) is 9.30. The summed E-state index contributed by atoms with van der Waals surface area (Å²) in [5.74, 6) is -0.244. The van der Waals surface area contributed by atoms with Crippen LogP contribution in [0.1, 0.15) is 49.8 Å². The Hall–Kier alpha value is -2.25. The summed E-state index contributed by atoms with van der Waals surface area (Å²) >= 11 is 11.8. The minimum atomic E-state index is -0.428. The lowest BCUT2D eigenvalue weighted by molar-refractivity contribution is -0.122. The van der Waals surface area contributed by atoms with Crippen LogP contribution in [0.3, 0.4) is 0 Å². The molecule has 1 aromatic carbocycles. The highest BCUT2D eigenvalue weighted by molar-refractivity contribution is 6.35. The van der Waals surface area contributed by atoms with E-state index < -0.39 is 5.91 Å². The number of carbonyl (C=O) groups excluding carboxylic acids is 2. The van der Waals surface area contributed by atoms with E-state index in [9.17, 15) is 9.59 Å². The van der Waals surface area contributed by atoms with Crippen molar-refractivity contribution in [2.24, 2.45) is 7.05 Å². The number of nitrogens with zero attached hydrogens (tertiary/aromatic N) is 2. The Kier molecular flexibility index (Phi) is 7.32. The van der Waals surface area contributed by atoms with Crippen molar-refractivity contribution in [2.45, 2.75) is 39.0 Å². The molecule has 9 heteroatoms. The molecule has 7 nitrogen and oxygen atoms in total. The van der Waals surface area contributed by atoms with Crippen molar-refractivity contribution in [3.8, 4) is 5.75 Å². The number of hydrogen-bond acceptors (Lipinski definition) is 4. The molecule has 152 valence electrons. The van der Waals surface area contributed by atoms with E-state index in [4.69, 9.17) is 27.9 Å². The van der Waals surface area contributed by atoms with E-state index in [1.807, 2.05) is 20.8 Å². The van der Waals surface area contributed by atoms with Crippen LogP contribution in [0, 0.1) is 0 Å².